The van der Waals surface area contributed by atoms with E-state index >= 15 is 0 Å². The van der Waals surface area contributed by atoms with Crippen molar-refractivity contribution in [2.75, 3.05) is 13.7 Å². The highest BCUT2D eigenvalue weighted by atomic mass is 16.5. The van der Waals surface area contributed by atoms with E-state index in [1.165, 1.54) is 0 Å². The molecule has 0 saturated carbocycles. The van der Waals surface area contributed by atoms with Crippen LogP contribution in [-0.4, -0.2) is 20.0 Å². The Hall–Kier alpha value is -1.77. The van der Waals surface area contributed by atoms with E-state index in [0.29, 0.717) is 23.7 Å². The van der Waals surface area contributed by atoms with Crippen LogP contribution in [0.4, 0.5) is 0 Å². The fraction of sp³-hybridized carbons (Fsp3) is 0.308. The number of benzene rings is 1. The number of aldehydes is 1. The first-order chi connectivity index (χ1) is 7.71. The fourth-order valence-electron chi connectivity index (χ4n) is 1.35. The predicted molar refractivity (Wildman–Crippen MR) is 63.9 cm³/mol. The molecule has 0 aromatic heterocycles. The second-order valence-corrected chi connectivity index (χ2v) is 3.35. The first-order valence-electron chi connectivity index (χ1n) is 5.15. The Labute approximate surface area is 95.7 Å². The van der Waals surface area contributed by atoms with Gasteiger partial charge in [0.05, 0.1) is 13.7 Å². The molecular weight excluding hydrogens is 204 g/mol. The van der Waals surface area contributed by atoms with E-state index < -0.39 is 0 Å². The molecule has 3 nitrogen and oxygen atoms in total. The predicted octanol–water partition coefficient (Wildman–Crippen LogP) is 2.70. The molecule has 0 saturated heterocycles. The zero-order valence-corrected chi connectivity index (χ0v) is 9.82. The van der Waals surface area contributed by atoms with Gasteiger partial charge in [-0.15, -0.1) is 0 Å². The number of methoxy groups -OCH3 is 1. The Morgan fingerprint density at radius 2 is 2.12 bits per heavy atom. The van der Waals surface area contributed by atoms with Crippen molar-refractivity contribution in [2.45, 2.75) is 13.8 Å². The van der Waals surface area contributed by atoms with E-state index in [1.54, 1.807) is 20.1 Å². The van der Waals surface area contributed by atoms with E-state index in [4.69, 9.17) is 9.47 Å². The van der Waals surface area contributed by atoms with Gasteiger partial charge >= 0.3 is 0 Å². The SMILES string of the molecule is CCOc1ccc(C=C(C)C=O)cc1OC. The topological polar surface area (TPSA) is 35.5 Å². The first kappa shape index (κ1) is 12.3. The lowest BCUT2D eigenvalue weighted by Gasteiger charge is -2.09. The summed E-state index contributed by atoms with van der Waals surface area (Å²) in [5.41, 5.74) is 1.59. The minimum Gasteiger partial charge on any atom is -0.493 e. The highest BCUT2D eigenvalue weighted by Crippen LogP contribution is 2.28. The molecular formula is C13H16O3. The number of hydrogen-bond donors (Lipinski definition) is 0. The van der Waals surface area contributed by atoms with Gasteiger partial charge in [-0.1, -0.05) is 6.07 Å². The van der Waals surface area contributed by atoms with Crippen LogP contribution in [-0.2, 0) is 4.79 Å². The third kappa shape index (κ3) is 3.12. The summed E-state index contributed by atoms with van der Waals surface area (Å²) in [4.78, 5) is 10.5. The van der Waals surface area contributed by atoms with Crippen LogP contribution in [0.3, 0.4) is 0 Å². The van der Waals surface area contributed by atoms with E-state index in [2.05, 4.69) is 0 Å². The molecule has 16 heavy (non-hydrogen) atoms. The average Bonchev–Trinajstić information content (AvgIpc) is 2.31. The minimum absolute atomic E-state index is 0.596. The summed E-state index contributed by atoms with van der Waals surface area (Å²) in [6, 6.07) is 5.57. The van der Waals surface area contributed by atoms with Gasteiger partial charge in [0, 0.05) is 0 Å². The number of rotatable bonds is 5. The zero-order valence-electron chi connectivity index (χ0n) is 9.82. The van der Waals surface area contributed by atoms with Crippen molar-refractivity contribution in [3.05, 3.63) is 29.3 Å². The first-order valence-corrected chi connectivity index (χ1v) is 5.15. The quantitative estimate of drug-likeness (QED) is 0.565. The number of carbonyl (C=O) groups is 1. The van der Waals surface area contributed by atoms with Crippen LogP contribution in [0.2, 0.25) is 0 Å². The standard InChI is InChI=1S/C13H16O3/c1-4-16-12-6-5-11(7-10(2)9-14)8-13(12)15-3/h5-9H,4H2,1-3H3. The van der Waals surface area contributed by atoms with Crippen LogP contribution in [0.1, 0.15) is 19.4 Å². The molecule has 0 bridgehead atoms. The second kappa shape index (κ2) is 5.95. The molecule has 1 aromatic carbocycles. The summed E-state index contributed by atoms with van der Waals surface area (Å²) in [7, 11) is 1.60. The van der Waals surface area contributed by atoms with Gasteiger partial charge in [0.25, 0.3) is 0 Å². The summed E-state index contributed by atoms with van der Waals surface area (Å²) in [6.07, 6.45) is 2.62. The number of hydrogen-bond acceptors (Lipinski definition) is 3. The van der Waals surface area contributed by atoms with Crippen molar-refractivity contribution in [1.29, 1.82) is 0 Å². The molecule has 0 N–H and O–H groups in total. The zero-order chi connectivity index (χ0) is 12.0. The number of allylic oxidation sites excluding steroid dienone is 1. The van der Waals surface area contributed by atoms with Crippen molar-refractivity contribution in [3.8, 4) is 11.5 Å². The van der Waals surface area contributed by atoms with E-state index in [1.807, 2.05) is 25.1 Å². The van der Waals surface area contributed by atoms with Crippen LogP contribution in [0.15, 0.2) is 23.8 Å². The monoisotopic (exact) mass is 220 g/mol. The molecule has 1 rings (SSSR count). The maximum absolute atomic E-state index is 10.5. The van der Waals surface area contributed by atoms with Gasteiger partial charge in [-0.05, 0) is 43.2 Å². The molecule has 1 aromatic rings. The molecule has 0 fully saturated rings. The summed E-state index contributed by atoms with van der Waals surface area (Å²) in [6.45, 7) is 4.28. The molecule has 3 heteroatoms. The van der Waals surface area contributed by atoms with Crippen molar-refractivity contribution in [3.63, 3.8) is 0 Å². The largest absolute Gasteiger partial charge is 0.493 e. The molecule has 0 atom stereocenters. The molecule has 0 radical (unpaired) electrons. The molecule has 86 valence electrons. The van der Waals surface area contributed by atoms with Crippen LogP contribution < -0.4 is 9.47 Å². The summed E-state index contributed by atoms with van der Waals surface area (Å²) >= 11 is 0. The van der Waals surface area contributed by atoms with Gasteiger partial charge in [-0.2, -0.15) is 0 Å². The van der Waals surface area contributed by atoms with Crippen LogP contribution in [0.5, 0.6) is 11.5 Å². The fourth-order valence-corrected chi connectivity index (χ4v) is 1.35. The normalized spacial score (nSPS) is 11.1. The van der Waals surface area contributed by atoms with Crippen molar-refractivity contribution in [2.24, 2.45) is 0 Å². The highest BCUT2D eigenvalue weighted by Gasteiger charge is 2.03. The number of ether oxygens (including phenoxy) is 2. The molecule has 0 heterocycles. The van der Waals surface area contributed by atoms with Gasteiger partial charge in [0.2, 0.25) is 0 Å². The van der Waals surface area contributed by atoms with Crippen LogP contribution >= 0.6 is 0 Å². The van der Waals surface area contributed by atoms with Gasteiger partial charge < -0.3 is 9.47 Å². The summed E-state index contributed by atoms with van der Waals surface area (Å²) in [5.74, 6) is 1.39. The molecule has 0 spiro atoms. The lowest BCUT2D eigenvalue weighted by molar-refractivity contribution is -0.104. The molecule has 0 aliphatic heterocycles. The second-order valence-electron chi connectivity index (χ2n) is 3.35. The Bertz CT molecular complexity index is 394. The third-order valence-corrected chi connectivity index (χ3v) is 2.07. The Kier molecular flexibility index (Phi) is 4.58. The lowest BCUT2D eigenvalue weighted by Crippen LogP contribution is -1.95. The van der Waals surface area contributed by atoms with Gasteiger partial charge in [-0.25, -0.2) is 0 Å². The van der Waals surface area contributed by atoms with Crippen molar-refractivity contribution in [1.82, 2.24) is 0 Å². The molecule has 0 aliphatic rings. The van der Waals surface area contributed by atoms with Crippen LogP contribution in [0, 0.1) is 0 Å². The van der Waals surface area contributed by atoms with E-state index in [0.717, 1.165) is 11.8 Å². The van der Waals surface area contributed by atoms with Crippen molar-refractivity contribution >= 4 is 12.4 Å². The lowest BCUT2D eigenvalue weighted by atomic mass is 10.1. The smallest absolute Gasteiger partial charge is 0.161 e. The maximum Gasteiger partial charge on any atom is 0.161 e. The van der Waals surface area contributed by atoms with Crippen LogP contribution in [0.25, 0.3) is 6.08 Å². The highest BCUT2D eigenvalue weighted by molar-refractivity contribution is 5.81. The van der Waals surface area contributed by atoms with Gasteiger partial charge in [0.1, 0.15) is 6.29 Å². The average molecular weight is 220 g/mol. The summed E-state index contributed by atoms with van der Waals surface area (Å²) < 4.78 is 10.6. The summed E-state index contributed by atoms with van der Waals surface area (Å²) in [5, 5.41) is 0. The molecule has 0 unspecified atom stereocenters. The maximum atomic E-state index is 10.5. The van der Waals surface area contributed by atoms with Crippen molar-refractivity contribution < 1.29 is 14.3 Å². The number of carbonyl (C=O) groups excluding carboxylic acids is 1. The van der Waals surface area contributed by atoms with Gasteiger partial charge in [-0.3, -0.25) is 4.79 Å². The van der Waals surface area contributed by atoms with E-state index in [-0.39, 0.29) is 0 Å². The third-order valence-electron chi connectivity index (χ3n) is 2.07. The molecule has 0 amide bonds. The van der Waals surface area contributed by atoms with E-state index in [9.17, 15) is 4.79 Å². The Balaban J connectivity index is 3.03. The van der Waals surface area contributed by atoms with Gasteiger partial charge in [0.15, 0.2) is 11.5 Å². The minimum atomic E-state index is 0.596. The Morgan fingerprint density at radius 1 is 1.38 bits per heavy atom. The molecule has 0 aliphatic carbocycles. The Morgan fingerprint density at radius 3 is 2.69 bits per heavy atom.